The molecule has 6 nitrogen and oxygen atoms in total. The van der Waals surface area contributed by atoms with Crippen molar-refractivity contribution in [2.45, 2.75) is 13.5 Å². The Bertz CT molecular complexity index is 564. The van der Waals surface area contributed by atoms with E-state index in [1.165, 1.54) is 0 Å². The van der Waals surface area contributed by atoms with Gasteiger partial charge in [0.2, 0.25) is 0 Å². The van der Waals surface area contributed by atoms with E-state index in [0.717, 1.165) is 11.5 Å². The molecule has 0 aromatic carbocycles. The van der Waals surface area contributed by atoms with E-state index in [2.05, 4.69) is 20.6 Å². The van der Waals surface area contributed by atoms with Crippen molar-refractivity contribution in [1.29, 1.82) is 0 Å². The maximum atomic E-state index is 11.7. The largest absolute Gasteiger partial charge is 0.378 e. The minimum absolute atomic E-state index is 0.164. The van der Waals surface area contributed by atoms with Gasteiger partial charge in [0, 0.05) is 37.9 Å². The lowest BCUT2D eigenvalue weighted by atomic mass is 10.3. The van der Waals surface area contributed by atoms with Gasteiger partial charge in [0.1, 0.15) is 11.5 Å². The molecule has 0 spiro atoms. The van der Waals surface area contributed by atoms with Crippen LogP contribution >= 0.6 is 0 Å². The molecule has 6 heteroatoms. The molecule has 0 aliphatic carbocycles. The summed E-state index contributed by atoms with van der Waals surface area (Å²) in [6.45, 7) is 3.06. The fraction of sp³-hybridized carbons (Fsp3) is 0.308. The third-order valence-electron chi connectivity index (χ3n) is 2.70. The average Bonchev–Trinajstić information content (AvgIpc) is 2.82. The average molecular weight is 259 g/mol. The lowest BCUT2D eigenvalue weighted by Gasteiger charge is -2.08. The number of imidazole rings is 1. The smallest absolute Gasteiger partial charge is 0.269 e. The number of carbonyl (C=O) groups excluding carboxylic acids is 1. The molecule has 2 aromatic heterocycles. The van der Waals surface area contributed by atoms with Crippen LogP contribution in [0.4, 0.5) is 5.69 Å². The van der Waals surface area contributed by atoms with Crippen LogP contribution < -0.4 is 10.6 Å². The van der Waals surface area contributed by atoms with Gasteiger partial charge in [-0.15, -0.1) is 0 Å². The van der Waals surface area contributed by atoms with Gasteiger partial charge in [-0.25, -0.2) is 4.98 Å². The Labute approximate surface area is 111 Å². The number of rotatable bonds is 5. The van der Waals surface area contributed by atoms with Crippen LogP contribution in [-0.4, -0.2) is 27.0 Å². The van der Waals surface area contributed by atoms with Gasteiger partial charge in [0.15, 0.2) is 0 Å². The van der Waals surface area contributed by atoms with E-state index < -0.39 is 0 Å². The zero-order valence-electron chi connectivity index (χ0n) is 11.1. The van der Waals surface area contributed by atoms with Crippen molar-refractivity contribution in [3.8, 4) is 0 Å². The fourth-order valence-electron chi connectivity index (χ4n) is 1.66. The summed E-state index contributed by atoms with van der Waals surface area (Å²) in [6.07, 6.45) is 5.26. The number of nitrogens with one attached hydrogen (secondary N) is 2. The molecular weight excluding hydrogens is 242 g/mol. The molecule has 0 atom stereocenters. The van der Waals surface area contributed by atoms with Crippen LogP contribution in [0.1, 0.15) is 23.2 Å². The number of aryl methyl sites for hydroxylation is 1. The molecule has 100 valence electrons. The van der Waals surface area contributed by atoms with Gasteiger partial charge in [-0.05, 0) is 19.1 Å². The highest BCUT2D eigenvalue weighted by Gasteiger charge is 2.06. The second-order valence-electron chi connectivity index (χ2n) is 4.10. The zero-order valence-corrected chi connectivity index (χ0v) is 11.1. The predicted molar refractivity (Wildman–Crippen MR) is 72.8 cm³/mol. The summed E-state index contributed by atoms with van der Waals surface area (Å²) in [5.74, 6) is 0.763. The fourth-order valence-corrected chi connectivity index (χ4v) is 1.66. The van der Waals surface area contributed by atoms with Crippen LogP contribution in [0, 0.1) is 0 Å². The Morgan fingerprint density at radius 1 is 1.37 bits per heavy atom. The number of hydrogen-bond acceptors (Lipinski definition) is 4. The molecule has 2 aromatic rings. The van der Waals surface area contributed by atoms with Crippen LogP contribution in [0.3, 0.4) is 0 Å². The molecule has 19 heavy (non-hydrogen) atoms. The SMILES string of the molecule is CCNC(=O)c1cc(NCc2nccn2C)ccn1. The molecule has 0 unspecified atom stereocenters. The third-order valence-corrected chi connectivity index (χ3v) is 2.70. The van der Waals surface area contributed by atoms with Gasteiger partial charge in [0.25, 0.3) is 5.91 Å². The van der Waals surface area contributed by atoms with E-state index in [4.69, 9.17) is 0 Å². The lowest BCUT2D eigenvalue weighted by molar-refractivity contribution is 0.0951. The minimum Gasteiger partial charge on any atom is -0.378 e. The van der Waals surface area contributed by atoms with Crippen molar-refractivity contribution in [2.24, 2.45) is 7.05 Å². The van der Waals surface area contributed by atoms with Crippen molar-refractivity contribution in [3.05, 3.63) is 42.2 Å². The summed E-state index contributed by atoms with van der Waals surface area (Å²) in [4.78, 5) is 19.9. The monoisotopic (exact) mass is 259 g/mol. The number of anilines is 1. The lowest BCUT2D eigenvalue weighted by Crippen LogP contribution is -2.23. The third kappa shape index (κ3) is 3.31. The van der Waals surface area contributed by atoms with Crippen molar-refractivity contribution in [2.75, 3.05) is 11.9 Å². The highest BCUT2D eigenvalue weighted by Crippen LogP contribution is 2.09. The van der Waals surface area contributed by atoms with Crippen molar-refractivity contribution >= 4 is 11.6 Å². The normalized spacial score (nSPS) is 10.2. The number of amides is 1. The maximum Gasteiger partial charge on any atom is 0.269 e. The predicted octanol–water partition coefficient (Wildman–Crippen LogP) is 1.18. The second-order valence-corrected chi connectivity index (χ2v) is 4.10. The highest BCUT2D eigenvalue weighted by atomic mass is 16.1. The van der Waals surface area contributed by atoms with E-state index in [0.29, 0.717) is 18.8 Å². The molecule has 1 amide bonds. The molecule has 0 fully saturated rings. The van der Waals surface area contributed by atoms with Crippen molar-refractivity contribution in [3.63, 3.8) is 0 Å². The van der Waals surface area contributed by atoms with Gasteiger partial charge in [-0.3, -0.25) is 9.78 Å². The minimum atomic E-state index is -0.164. The first-order valence-electron chi connectivity index (χ1n) is 6.15. The van der Waals surface area contributed by atoms with E-state index in [1.807, 2.05) is 30.8 Å². The van der Waals surface area contributed by atoms with Crippen LogP contribution in [-0.2, 0) is 13.6 Å². The molecular formula is C13H17N5O. The summed E-state index contributed by atoms with van der Waals surface area (Å²) < 4.78 is 1.94. The Kier molecular flexibility index (Phi) is 4.12. The molecule has 0 saturated carbocycles. The van der Waals surface area contributed by atoms with Gasteiger partial charge in [0.05, 0.1) is 6.54 Å². The number of hydrogen-bond donors (Lipinski definition) is 2. The van der Waals surface area contributed by atoms with E-state index in [1.54, 1.807) is 18.5 Å². The molecule has 0 radical (unpaired) electrons. The van der Waals surface area contributed by atoms with E-state index in [9.17, 15) is 4.79 Å². The zero-order chi connectivity index (χ0) is 13.7. The van der Waals surface area contributed by atoms with Gasteiger partial charge < -0.3 is 15.2 Å². The summed E-state index contributed by atoms with van der Waals surface area (Å²) in [7, 11) is 1.94. The quantitative estimate of drug-likeness (QED) is 0.845. The van der Waals surface area contributed by atoms with Gasteiger partial charge in [-0.2, -0.15) is 0 Å². The molecule has 0 aliphatic rings. The number of nitrogens with zero attached hydrogens (tertiary/aromatic N) is 3. The topological polar surface area (TPSA) is 71.8 Å². The van der Waals surface area contributed by atoms with E-state index >= 15 is 0 Å². The number of pyridine rings is 1. The summed E-state index contributed by atoms with van der Waals surface area (Å²) in [6, 6.07) is 3.56. The Morgan fingerprint density at radius 2 is 2.21 bits per heavy atom. The Hall–Kier alpha value is -2.37. The molecule has 0 saturated heterocycles. The van der Waals surface area contributed by atoms with Crippen LogP contribution in [0.25, 0.3) is 0 Å². The summed E-state index contributed by atoms with van der Waals surface area (Å²) in [5.41, 5.74) is 1.26. The molecule has 2 rings (SSSR count). The molecule has 2 N–H and O–H groups in total. The van der Waals surface area contributed by atoms with Crippen LogP contribution in [0.15, 0.2) is 30.7 Å². The van der Waals surface area contributed by atoms with E-state index in [-0.39, 0.29) is 5.91 Å². The van der Waals surface area contributed by atoms with Crippen molar-refractivity contribution in [1.82, 2.24) is 19.9 Å². The van der Waals surface area contributed by atoms with Crippen LogP contribution in [0.5, 0.6) is 0 Å². The number of carbonyl (C=O) groups is 1. The van der Waals surface area contributed by atoms with Crippen molar-refractivity contribution < 1.29 is 4.79 Å². The first-order valence-corrected chi connectivity index (χ1v) is 6.15. The summed E-state index contributed by atoms with van der Waals surface area (Å²) >= 11 is 0. The molecule has 0 aliphatic heterocycles. The molecule has 0 bridgehead atoms. The number of aromatic nitrogens is 3. The summed E-state index contributed by atoms with van der Waals surface area (Å²) in [5, 5.41) is 5.94. The Balaban J connectivity index is 2.03. The highest BCUT2D eigenvalue weighted by molar-refractivity contribution is 5.93. The molecule has 2 heterocycles. The standard InChI is InChI=1S/C13H17N5O/c1-3-14-13(19)11-8-10(4-5-15-11)17-9-12-16-6-7-18(12)2/h4-8H,3,9H2,1-2H3,(H,14,19)(H,15,17). The first kappa shape index (κ1) is 13.1. The Morgan fingerprint density at radius 3 is 2.89 bits per heavy atom. The first-order chi connectivity index (χ1) is 9.20. The van der Waals surface area contributed by atoms with Gasteiger partial charge in [-0.1, -0.05) is 0 Å². The second kappa shape index (κ2) is 5.99. The van der Waals surface area contributed by atoms with Crippen LogP contribution in [0.2, 0.25) is 0 Å². The maximum absolute atomic E-state index is 11.7. The van der Waals surface area contributed by atoms with Gasteiger partial charge >= 0.3 is 0 Å².